The minimum atomic E-state index is 0.604. The van der Waals surface area contributed by atoms with Crippen molar-refractivity contribution in [1.82, 2.24) is 15.0 Å². The summed E-state index contributed by atoms with van der Waals surface area (Å²) >= 11 is 3.75. The molecule has 0 atom stereocenters. The maximum Gasteiger partial charge on any atom is 0.165 e. The molecule has 0 amide bonds. The van der Waals surface area contributed by atoms with Crippen LogP contribution in [0.5, 0.6) is 0 Å². The van der Waals surface area contributed by atoms with Crippen LogP contribution in [0.25, 0.3) is 70.2 Å². The van der Waals surface area contributed by atoms with Crippen LogP contribution in [0.1, 0.15) is 33.8 Å². The van der Waals surface area contributed by atoms with Crippen LogP contribution in [-0.4, -0.2) is 15.0 Å². The van der Waals surface area contributed by atoms with Gasteiger partial charge in [0.1, 0.15) is 5.82 Å². The summed E-state index contributed by atoms with van der Waals surface area (Å²) < 4.78 is 3.85. The van der Waals surface area contributed by atoms with E-state index in [9.17, 15) is 0 Å². The predicted molar refractivity (Wildman–Crippen MR) is 196 cm³/mol. The molecule has 1 aliphatic carbocycles. The van der Waals surface area contributed by atoms with Gasteiger partial charge in [0.05, 0.1) is 0 Å². The molecule has 3 aromatic heterocycles. The standard InChI is InChI=1S/C41H29N3S2/c1-25-22-37-34(30-17-8-9-20-35(30)45-37)24-33(25)28-15-6-5-14-27(28)23-38-42-40(26-12-3-2-4-13-26)44-41(43-38)32-19-11-18-31-29-16-7-10-21-36(29)46-39(31)32/h2-8,10-19,21-22,24H,9,20,23H2,1H3. The number of thiophene rings is 2. The highest BCUT2D eigenvalue weighted by Crippen LogP contribution is 2.41. The second-order valence-corrected chi connectivity index (χ2v) is 14.1. The van der Waals surface area contributed by atoms with Crippen LogP contribution in [0.4, 0.5) is 0 Å². The molecule has 5 aromatic carbocycles. The van der Waals surface area contributed by atoms with Gasteiger partial charge in [0.15, 0.2) is 11.6 Å². The zero-order valence-electron chi connectivity index (χ0n) is 25.3. The number of rotatable bonds is 5. The Morgan fingerprint density at radius 1 is 0.630 bits per heavy atom. The van der Waals surface area contributed by atoms with Crippen molar-refractivity contribution in [1.29, 1.82) is 0 Å². The first-order valence-corrected chi connectivity index (χ1v) is 17.3. The fraction of sp³-hybridized carbons (Fsp3) is 0.0976. The average Bonchev–Trinajstić information content (AvgIpc) is 3.66. The molecule has 0 radical (unpaired) electrons. The fourth-order valence-electron chi connectivity index (χ4n) is 6.75. The van der Waals surface area contributed by atoms with E-state index in [0.717, 1.165) is 29.8 Å². The zero-order valence-corrected chi connectivity index (χ0v) is 27.0. The first-order chi connectivity index (χ1) is 22.7. The molecule has 0 unspecified atom stereocenters. The van der Waals surface area contributed by atoms with Crippen molar-refractivity contribution >= 4 is 59.0 Å². The molecule has 0 spiro atoms. The molecular formula is C41H29N3S2. The molecule has 220 valence electrons. The van der Waals surface area contributed by atoms with Crippen molar-refractivity contribution in [3.8, 4) is 33.9 Å². The van der Waals surface area contributed by atoms with E-state index < -0.39 is 0 Å². The summed E-state index contributed by atoms with van der Waals surface area (Å²) in [7, 11) is 0. The Bertz CT molecular complexity index is 2470. The summed E-state index contributed by atoms with van der Waals surface area (Å²) in [6.07, 6.45) is 7.50. The van der Waals surface area contributed by atoms with Crippen LogP contribution < -0.4 is 0 Å². The lowest BCUT2D eigenvalue weighted by molar-refractivity contribution is 0.934. The highest BCUT2D eigenvalue weighted by Gasteiger charge is 2.19. The Hall–Kier alpha value is -4.97. The molecule has 46 heavy (non-hydrogen) atoms. The highest BCUT2D eigenvalue weighted by molar-refractivity contribution is 7.26. The second-order valence-electron chi connectivity index (χ2n) is 11.9. The molecule has 3 nitrogen and oxygen atoms in total. The average molecular weight is 628 g/mol. The zero-order chi connectivity index (χ0) is 30.6. The molecule has 1 aliphatic rings. The Labute approximate surface area is 275 Å². The molecule has 3 heterocycles. The number of allylic oxidation sites excluding steroid dienone is 1. The summed E-state index contributed by atoms with van der Waals surface area (Å²) in [5, 5.41) is 3.87. The molecule has 0 fully saturated rings. The van der Waals surface area contributed by atoms with Gasteiger partial charge in [-0.2, -0.15) is 0 Å². The smallest absolute Gasteiger partial charge is 0.165 e. The number of aromatic nitrogens is 3. The molecule has 9 rings (SSSR count). The van der Waals surface area contributed by atoms with Crippen molar-refractivity contribution in [2.75, 3.05) is 0 Å². The van der Waals surface area contributed by atoms with Gasteiger partial charge in [-0.25, -0.2) is 15.0 Å². The third-order valence-corrected chi connectivity index (χ3v) is 11.4. The van der Waals surface area contributed by atoms with E-state index in [1.165, 1.54) is 63.0 Å². The number of fused-ring (bicyclic) bond motifs is 6. The number of hydrogen-bond donors (Lipinski definition) is 0. The van der Waals surface area contributed by atoms with Gasteiger partial charge in [0.25, 0.3) is 0 Å². The quantitative estimate of drug-likeness (QED) is 0.191. The highest BCUT2D eigenvalue weighted by atomic mass is 32.1. The Morgan fingerprint density at radius 2 is 1.41 bits per heavy atom. The van der Waals surface area contributed by atoms with Crippen LogP contribution in [0.2, 0.25) is 0 Å². The summed E-state index contributed by atoms with van der Waals surface area (Å²) in [4.78, 5) is 16.8. The van der Waals surface area contributed by atoms with Crippen LogP contribution in [0, 0.1) is 6.92 Å². The number of aryl methyl sites for hydroxylation is 2. The lowest BCUT2D eigenvalue weighted by Gasteiger charge is -2.14. The fourth-order valence-corrected chi connectivity index (χ4v) is 9.25. The SMILES string of the molecule is Cc1cc2sc3c(c2cc1-c1ccccc1Cc1nc(-c2ccccc2)nc(-c2cccc4c2sc2ccccc24)n1)C=CCC3. The molecule has 0 bridgehead atoms. The van der Waals surface area contributed by atoms with Gasteiger partial charge in [-0.1, -0.05) is 97.1 Å². The molecule has 0 N–H and O–H groups in total. The van der Waals surface area contributed by atoms with Gasteiger partial charge in [0, 0.05) is 52.7 Å². The van der Waals surface area contributed by atoms with Gasteiger partial charge < -0.3 is 0 Å². The maximum absolute atomic E-state index is 5.18. The summed E-state index contributed by atoms with van der Waals surface area (Å²) in [5.74, 6) is 2.18. The van der Waals surface area contributed by atoms with Gasteiger partial charge in [-0.05, 0) is 71.8 Å². The van der Waals surface area contributed by atoms with Crippen LogP contribution in [-0.2, 0) is 12.8 Å². The third kappa shape index (κ3) is 4.66. The van der Waals surface area contributed by atoms with Gasteiger partial charge in [0.2, 0.25) is 0 Å². The molecule has 0 saturated carbocycles. The normalized spacial score (nSPS) is 12.7. The Morgan fingerprint density at radius 3 is 2.35 bits per heavy atom. The van der Waals surface area contributed by atoms with E-state index in [4.69, 9.17) is 15.0 Å². The minimum absolute atomic E-state index is 0.604. The summed E-state index contributed by atoms with van der Waals surface area (Å²) in [6, 6.07) is 38.8. The van der Waals surface area contributed by atoms with Gasteiger partial charge in [-0.3, -0.25) is 0 Å². The van der Waals surface area contributed by atoms with Crippen molar-refractivity contribution in [2.45, 2.75) is 26.2 Å². The van der Waals surface area contributed by atoms with E-state index in [0.29, 0.717) is 18.1 Å². The predicted octanol–water partition coefficient (Wildman–Crippen LogP) is 11.3. The van der Waals surface area contributed by atoms with E-state index in [-0.39, 0.29) is 0 Å². The van der Waals surface area contributed by atoms with Crippen molar-refractivity contribution in [3.05, 3.63) is 143 Å². The lowest BCUT2D eigenvalue weighted by atomic mass is 9.92. The van der Waals surface area contributed by atoms with E-state index in [2.05, 4.69) is 110 Å². The maximum atomic E-state index is 5.18. The Balaban J connectivity index is 1.19. The monoisotopic (exact) mass is 627 g/mol. The first kappa shape index (κ1) is 27.3. The van der Waals surface area contributed by atoms with Crippen molar-refractivity contribution in [2.24, 2.45) is 0 Å². The number of hydrogen-bond acceptors (Lipinski definition) is 5. The van der Waals surface area contributed by atoms with Gasteiger partial charge >= 0.3 is 0 Å². The topological polar surface area (TPSA) is 38.7 Å². The van der Waals surface area contributed by atoms with Crippen LogP contribution in [0.15, 0.2) is 115 Å². The minimum Gasteiger partial charge on any atom is -0.213 e. The number of benzene rings is 5. The lowest BCUT2D eigenvalue weighted by Crippen LogP contribution is -2.05. The summed E-state index contributed by atoms with van der Waals surface area (Å²) in [5.41, 5.74) is 8.44. The van der Waals surface area contributed by atoms with Crippen molar-refractivity contribution < 1.29 is 0 Å². The van der Waals surface area contributed by atoms with Crippen LogP contribution >= 0.6 is 22.7 Å². The molecular weight excluding hydrogens is 599 g/mol. The Kier molecular flexibility index (Phi) is 6.62. The molecule has 0 aliphatic heterocycles. The van der Waals surface area contributed by atoms with Crippen molar-refractivity contribution in [3.63, 3.8) is 0 Å². The third-order valence-electron chi connectivity index (χ3n) is 8.99. The summed E-state index contributed by atoms with van der Waals surface area (Å²) in [6.45, 7) is 2.24. The van der Waals surface area contributed by atoms with E-state index >= 15 is 0 Å². The van der Waals surface area contributed by atoms with Gasteiger partial charge in [-0.15, -0.1) is 22.7 Å². The number of nitrogens with zero attached hydrogens (tertiary/aromatic N) is 3. The largest absolute Gasteiger partial charge is 0.213 e. The van der Waals surface area contributed by atoms with E-state index in [1.54, 1.807) is 11.3 Å². The second kappa shape index (κ2) is 11.1. The molecule has 8 aromatic rings. The van der Waals surface area contributed by atoms with E-state index in [1.807, 2.05) is 29.5 Å². The van der Waals surface area contributed by atoms with Crippen LogP contribution in [0.3, 0.4) is 0 Å². The molecule has 5 heteroatoms. The molecule has 0 saturated heterocycles. The first-order valence-electron chi connectivity index (χ1n) is 15.7.